The quantitative estimate of drug-likeness (QED) is 0.480. The first kappa shape index (κ1) is 19.7. The lowest BCUT2D eigenvalue weighted by molar-refractivity contribution is -0.144. The number of aromatic nitrogens is 2. The molecule has 0 N–H and O–H groups in total. The van der Waals surface area contributed by atoms with Crippen molar-refractivity contribution in [2.24, 2.45) is 7.05 Å². The molecule has 2 rings (SSSR count). The van der Waals surface area contributed by atoms with E-state index in [2.05, 4.69) is 21.0 Å². The van der Waals surface area contributed by atoms with Crippen LogP contribution < -0.4 is 0 Å². The Morgan fingerprint density at radius 1 is 1.40 bits per heavy atom. The molecule has 0 fully saturated rings. The van der Waals surface area contributed by atoms with E-state index in [-0.39, 0.29) is 28.5 Å². The SMILES string of the molecule is CCCOC(=O)c1cc(-c2nn(C)c(C(F)(F)F)c2Br)c(F)cc1Cl. The van der Waals surface area contributed by atoms with E-state index in [1.807, 2.05) is 0 Å². The number of hydrogen-bond donors (Lipinski definition) is 0. The summed E-state index contributed by atoms with van der Waals surface area (Å²) in [6, 6.07) is 1.87. The number of carbonyl (C=O) groups is 1. The van der Waals surface area contributed by atoms with Crippen LogP contribution in [0, 0.1) is 5.82 Å². The summed E-state index contributed by atoms with van der Waals surface area (Å²) in [4.78, 5) is 12.0. The highest BCUT2D eigenvalue weighted by Gasteiger charge is 2.39. The number of carbonyl (C=O) groups excluding carboxylic acids is 1. The van der Waals surface area contributed by atoms with Gasteiger partial charge in [0.2, 0.25) is 0 Å². The maximum Gasteiger partial charge on any atom is 0.434 e. The van der Waals surface area contributed by atoms with Crippen LogP contribution in [0.3, 0.4) is 0 Å². The summed E-state index contributed by atoms with van der Waals surface area (Å²) >= 11 is 8.67. The minimum absolute atomic E-state index is 0.132. The third-order valence-corrected chi connectivity index (χ3v) is 4.29. The van der Waals surface area contributed by atoms with Gasteiger partial charge in [-0.1, -0.05) is 18.5 Å². The molecule has 0 unspecified atom stereocenters. The number of rotatable bonds is 4. The van der Waals surface area contributed by atoms with Gasteiger partial charge in [0.25, 0.3) is 0 Å². The molecule has 136 valence electrons. The van der Waals surface area contributed by atoms with Crippen molar-refractivity contribution < 1.29 is 27.1 Å². The number of esters is 1. The second-order valence-electron chi connectivity index (χ2n) is 5.08. The van der Waals surface area contributed by atoms with Crippen molar-refractivity contribution in [3.8, 4) is 11.3 Å². The Hall–Kier alpha value is -1.61. The van der Waals surface area contributed by atoms with Crippen molar-refractivity contribution in [3.63, 3.8) is 0 Å². The van der Waals surface area contributed by atoms with Gasteiger partial charge >= 0.3 is 12.1 Å². The van der Waals surface area contributed by atoms with Crippen LogP contribution in [-0.4, -0.2) is 22.4 Å². The molecule has 4 nitrogen and oxygen atoms in total. The van der Waals surface area contributed by atoms with E-state index in [4.69, 9.17) is 16.3 Å². The summed E-state index contributed by atoms with van der Waals surface area (Å²) in [5, 5.41) is 3.51. The summed E-state index contributed by atoms with van der Waals surface area (Å²) < 4.78 is 58.6. The van der Waals surface area contributed by atoms with Crippen LogP contribution in [0.25, 0.3) is 11.3 Å². The lowest BCUT2D eigenvalue weighted by atomic mass is 10.1. The fourth-order valence-corrected chi connectivity index (χ4v) is 3.14. The van der Waals surface area contributed by atoms with Gasteiger partial charge in [-0.2, -0.15) is 18.3 Å². The van der Waals surface area contributed by atoms with Crippen LogP contribution in [0.5, 0.6) is 0 Å². The zero-order valence-corrected chi connectivity index (χ0v) is 15.4. The van der Waals surface area contributed by atoms with Crippen LogP contribution in [0.15, 0.2) is 16.6 Å². The predicted octanol–water partition coefficient (Wildman–Crippen LogP) is 5.23. The molecule has 0 spiro atoms. The molecule has 0 aliphatic carbocycles. The first-order valence-corrected chi connectivity index (χ1v) is 8.21. The highest BCUT2D eigenvalue weighted by Crippen LogP contribution is 2.41. The maximum absolute atomic E-state index is 14.3. The van der Waals surface area contributed by atoms with Crippen molar-refractivity contribution in [3.05, 3.63) is 38.7 Å². The van der Waals surface area contributed by atoms with Crippen molar-refractivity contribution in [1.82, 2.24) is 9.78 Å². The van der Waals surface area contributed by atoms with Gasteiger partial charge in [0, 0.05) is 12.6 Å². The van der Waals surface area contributed by atoms with Gasteiger partial charge in [0.05, 0.1) is 21.7 Å². The van der Waals surface area contributed by atoms with Gasteiger partial charge in [-0.05, 0) is 34.5 Å². The van der Waals surface area contributed by atoms with Crippen molar-refractivity contribution in [2.45, 2.75) is 19.5 Å². The molecule has 0 saturated heterocycles. The van der Waals surface area contributed by atoms with Crippen molar-refractivity contribution in [2.75, 3.05) is 6.61 Å². The fraction of sp³-hybridized carbons (Fsp3) is 0.333. The minimum Gasteiger partial charge on any atom is -0.462 e. The zero-order chi connectivity index (χ0) is 18.9. The Balaban J connectivity index is 2.59. The lowest BCUT2D eigenvalue weighted by Gasteiger charge is -2.09. The molecule has 10 heteroatoms. The molecular weight excluding hydrogens is 432 g/mol. The average Bonchev–Trinajstić information content (AvgIpc) is 2.79. The van der Waals surface area contributed by atoms with Crippen LogP contribution in [0.1, 0.15) is 29.4 Å². The van der Waals surface area contributed by atoms with Gasteiger partial charge in [0.1, 0.15) is 11.5 Å². The summed E-state index contributed by atoms with van der Waals surface area (Å²) in [6.07, 6.45) is -4.12. The van der Waals surface area contributed by atoms with Crippen LogP contribution >= 0.6 is 27.5 Å². The van der Waals surface area contributed by atoms with Gasteiger partial charge < -0.3 is 4.74 Å². The molecule has 0 aliphatic heterocycles. The molecular formula is C15H12BrClF4N2O2. The minimum atomic E-state index is -4.69. The number of halogens is 6. The summed E-state index contributed by atoms with van der Waals surface area (Å²) in [5.41, 5.74) is -1.83. The fourth-order valence-electron chi connectivity index (χ4n) is 2.14. The lowest BCUT2D eigenvalue weighted by Crippen LogP contribution is -2.12. The molecule has 0 amide bonds. The Morgan fingerprint density at radius 3 is 2.56 bits per heavy atom. The molecule has 0 bridgehead atoms. The first-order chi connectivity index (χ1) is 11.6. The third kappa shape index (κ3) is 3.98. The summed E-state index contributed by atoms with van der Waals surface area (Å²) in [6.45, 7) is 1.92. The van der Waals surface area contributed by atoms with E-state index in [0.717, 1.165) is 19.2 Å². The largest absolute Gasteiger partial charge is 0.462 e. The molecule has 25 heavy (non-hydrogen) atoms. The highest BCUT2D eigenvalue weighted by atomic mass is 79.9. The van der Waals surface area contributed by atoms with E-state index >= 15 is 0 Å². The molecule has 1 aromatic heterocycles. The normalized spacial score (nSPS) is 11.7. The van der Waals surface area contributed by atoms with Crippen molar-refractivity contribution in [1.29, 1.82) is 0 Å². The third-order valence-electron chi connectivity index (χ3n) is 3.23. The Labute approximate surface area is 153 Å². The number of aryl methyl sites for hydroxylation is 1. The highest BCUT2D eigenvalue weighted by molar-refractivity contribution is 9.10. The second kappa shape index (κ2) is 7.33. The van der Waals surface area contributed by atoms with Crippen molar-refractivity contribution >= 4 is 33.5 Å². The number of nitrogens with zero attached hydrogens (tertiary/aromatic N) is 2. The monoisotopic (exact) mass is 442 g/mol. The second-order valence-corrected chi connectivity index (χ2v) is 6.28. The van der Waals surface area contributed by atoms with Crippen LogP contribution in [0.2, 0.25) is 5.02 Å². The Bertz CT molecular complexity index is 821. The molecule has 0 saturated carbocycles. The molecule has 0 aliphatic rings. The van der Waals surface area contributed by atoms with E-state index in [1.165, 1.54) is 0 Å². The zero-order valence-electron chi connectivity index (χ0n) is 13.0. The van der Waals surface area contributed by atoms with E-state index in [0.29, 0.717) is 11.1 Å². The van der Waals surface area contributed by atoms with E-state index in [1.54, 1.807) is 6.92 Å². The average molecular weight is 444 g/mol. The van der Waals surface area contributed by atoms with Gasteiger partial charge in [0.15, 0.2) is 5.69 Å². The summed E-state index contributed by atoms with van der Waals surface area (Å²) in [5.74, 6) is -1.71. The number of benzene rings is 1. The number of alkyl halides is 3. The van der Waals surface area contributed by atoms with Gasteiger partial charge in [-0.15, -0.1) is 0 Å². The number of hydrogen-bond acceptors (Lipinski definition) is 3. The molecule has 1 heterocycles. The maximum atomic E-state index is 14.3. The molecule has 0 radical (unpaired) electrons. The topological polar surface area (TPSA) is 44.1 Å². The van der Waals surface area contributed by atoms with Crippen LogP contribution in [-0.2, 0) is 18.0 Å². The van der Waals surface area contributed by atoms with E-state index < -0.39 is 28.1 Å². The Morgan fingerprint density at radius 2 is 2.04 bits per heavy atom. The predicted molar refractivity (Wildman–Crippen MR) is 86.9 cm³/mol. The molecule has 2 aromatic rings. The smallest absolute Gasteiger partial charge is 0.434 e. The molecule has 0 atom stereocenters. The molecule has 1 aromatic carbocycles. The summed E-state index contributed by atoms with van der Waals surface area (Å²) in [7, 11) is 1.08. The van der Waals surface area contributed by atoms with E-state index in [9.17, 15) is 22.4 Å². The first-order valence-electron chi connectivity index (χ1n) is 7.04. The van der Waals surface area contributed by atoms with Gasteiger partial charge in [-0.3, -0.25) is 4.68 Å². The Kier molecular flexibility index (Phi) is 5.78. The van der Waals surface area contributed by atoms with Crippen LogP contribution in [0.4, 0.5) is 17.6 Å². The standard InChI is InChI=1S/C15H12BrClF4N2O2/c1-3-4-25-14(24)7-5-8(10(18)6-9(7)17)12-11(16)13(15(19,20)21)23(2)22-12/h5-6H,3-4H2,1-2H3. The van der Waals surface area contributed by atoms with Gasteiger partial charge in [-0.25, -0.2) is 9.18 Å². The number of ether oxygens (including phenoxy) is 1.